The number of primary amides is 1. The number of carbonyl (C=O) groups is 1. The molecule has 19 heavy (non-hydrogen) atoms. The van der Waals surface area contributed by atoms with E-state index in [1.165, 1.54) is 13.2 Å². The minimum Gasteiger partial charge on any atom is -0.384 e. The largest absolute Gasteiger partial charge is 0.384 e. The van der Waals surface area contributed by atoms with Crippen molar-refractivity contribution in [3.8, 4) is 0 Å². The molecule has 1 aliphatic rings. The molecule has 104 valence electrons. The molecule has 1 aliphatic heterocycles. The van der Waals surface area contributed by atoms with Gasteiger partial charge in [-0.05, 0) is 23.3 Å². The number of nitrogens with two attached hydrogens (primary N) is 1. The molecule has 0 saturated heterocycles. The van der Waals surface area contributed by atoms with E-state index in [0.717, 1.165) is 11.1 Å². The number of nitrogens with one attached hydrogen (secondary N) is 1. The zero-order chi connectivity index (χ0) is 14.0. The molecule has 0 saturated carbocycles. The fourth-order valence-electron chi connectivity index (χ4n) is 2.10. The van der Waals surface area contributed by atoms with Gasteiger partial charge in [0.15, 0.2) is 9.84 Å². The predicted molar refractivity (Wildman–Crippen MR) is 69.1 cm³/mol. The second-order valence-corrected chi connectivity index (χ2v) is 6.50. The van der Waals surface area contributed by atoms with E-state index < -0.39 is 21.8 Å². The van der Waals surface area contributed by atoms with Crippen LogP contribution in [0.1, 0.15) is 17.2 Å². The maximum atomic E-state index is 12.0. The third kappa shape index (κ3) is 2.78. The smallest absolute Gasteiger partial charge is 0.239 e. The van der Waals surface area contributed by atoms with Crippen molar-refractivity contribution in [1.29, 1.82) is 0 Å². The van der Waals surface area contributed by atoms with E-state index in [-0.39, 0.29) is 17.3 Å². The van der Waals surface area contributed by atoms with Crippen LogP contribution in [-0.2, 0) is 25.9 Å². The van der Waals surface area contributed by atoms with E-state index in [1.807, 2.05) is 0 Å². The molecule has 1 heterocycles. The first kappa shape index (κ1) is 14.0. The number of rotatable bonds is 5. The highest BCUT2D eigenvalue weighted by atomic mass is 32.2. The van der Waals surface area contributed by atoms with Crippen LogP contribution in [0.4, 0.5) is 0 Å². The van der Waals surface area contributed by atoms with Gasteiger partial charge in [-0.1, -0.05) is 6.07 Å². The van der Waals surface area contributed by atoms with Gasteiger partial charge < -0.3 is 10.5 Å². The zero-order valence-electron chi connectivity index (χ0n) is 10.5. The van der Waals surface area contributed by atoms with Crippen LogP contribution in [-0.4, -0.2) is 33.8 Å². The number of methoxy groups -OCH3 is 1. The van der Waals surface area contributed by atoms with Gasteiger partial charge in [-0.15, -0.1) is 0 Å². The van der Waals surface area contributed by atoms with Crippen LogP contribution in [0.15, 0.2) is 23.1 Å². The summed E-state index contributed by atoms with van der Waals surface area (Å²) in [6.45, 7) is 0.595. The normalized spacial score (nSPS) is 18.3. The molecule has 0 aliphatic carbocycles. The van der Waals surface area contributed by atoms with E-state index in [9.17, 15) is 13.2 Å². The first-order chi connectivity index (χ1) is 8.95. The summed E-state index contributed by atoms with van der Waals surface area (Å²) in [7, 11) is -1.89. The Hall–Kier alpha value is -1.44. The first-order valence-electron chi connectivity index (χ1n) is 5.83. The Kier molecular flexibility index (Phi) is 3.88. The fourth-order valence-corrected chi connectivity index (χ4v) is 3.32. The first-order valence-corrected chi connectivity index (χ1v) is 7.48. The molecule has 1 atom stereocenters. The molecule has 0 fully saturated rings. The highest BCUT2D eigenvalue weighted by Gasteiger charge is 2.27. The van der Waals surface area contributed by atoms with Gasteiger partial charge in [-0.2, -0.15) is 0 Å². The quantitative estimate of drug-likeness (QED) is 0.776. The van der Waals surface area contributed by atoms with Gasteiger partial charge in [0.25, 0.3) is 0 Å². The summed E-state index contributed by atoms with van der Waals surface area (Å²) in [5.41, 5.74) is 6.81. The molecule has 0 spiro atoms. The van der Waals surface area contributed by atoms with E-state index in [4.69, 9.17) is 10.5 Å². The maximum Gasteiger partial charge on any atom is 0.239 e. The van der Waals surface area contributed by atoms with Crippen molar-refractivity contribution in [2.24, 2.45) is 5.73 Å². The lowest BCUT2D eigenvalue weighted by molar-refractivity contribution is -0.119. The Morgan fingerprint density at radius 1 is 1.53 bits per heavy atom. The summed E-state index contributed by atoms with van der Waals surface area (Å²) in [5, 5.41) is 2.95. The Labute approximate surface area is 111 Å². The summed E-state index contributed by atoms with van der Waals surface area (Å²) < 4.78 is 28.8. The number of fused-ring (bicyclic) bond motifs is 1. The molecule has 0 radical (unpaired) electrons. The number of hydrogen-bond acceptors (Lipinski definition) is 5. The molecule has 3 N–H and O–H groups in total. The van der Waals surface area contributed by atoms with Crippen molar-refractivity contribution in [1.82, 2.24) is 5.32 Å². The van der Waals surface area contributed by atoms with Crippen molar-refractivity contribution in [3.63, 3.8) is 0 Å². The molecule has 1 aromatic rings. The molecular weight excluding hydrogens is 268 g/mol. The Balaban J connectivity index is 2.31. The number of benzene rings is 1. The van der Waals surface area contributed by atoms with Crippen molar-refractivity contribution in [3.05, 3.63) is 29.3 Å². The van der Waals surface area contributed by atoms with Gasteiger partial charge in [0, 0.05) is 13.7 Å². The Morgan fingerprint density at radius 3 is 2.89 bits per heavy atom. The highest BCUT2D eigenvalue weighted by molar-refractivity contribution is 7.91. The lowest BCUT2D eigenvalue weighted by Crippen LogP contribution is -2.28. The minimum atomic E-state index is -3.35. The van der Waals surface area contributed by atoms with Crippen LogP contribution < -0.4 is 11.1 Å². The van der Waals surface area contributed by atoms with Crippen LogP contribution in [0.2, 0.25) is 0 Å². The molecule has 2 rings (SSSR count). The van der Waals surface area contributed by atoms with Crippen LogP contribution in [0.3, 0.4) is 0 Å². The number of ether oxygens (including phenoxy) is 1. The number of amides is 1. The average Bonchev–Trinajstić information content (AvgIpc) is 2.79. The summed E-state index contributed by atoms with van der Waals surface area (Å²) in [5.74, 6) is -0.525. The third-order valence-corrected chi connectivity index (χ3v) is 4.80. The SMILES string of the molecule is COCCS(=O)(=O)c1ccc2c(c1)CNC2C(N)=O. The lowest BCUT2D eigenvalue weighted by atomic mass is 10.1. The molecule has 1 aromatic carbocycles. The lowest BCUT2D eigenvalue weighted by Gasteiger charge is -2.08. The Morgan fingerprint density at radius 2 is 2.26 bits per heavy atom. The molecule has 1 amide bonds. The summed E-state index contributed by atoms with van der Waals surface area (Å²) >= 11 is 0. The predicted octanol–water partition coefficient (Wildman–Crippen LogP) is -0.264. The van der Waals surface area contributed by atoms with E-state index in [0.29, 0.717) is 6.54 Å². The molecule has 0 aromatic heterocycles. The van der Waals surface area contributed by atoms with Gasteiger partial charge in [-0.25, -0.2) is 8.42 Å². The van der Waals surface area contributed by atoms with Crippen molar-refractivity contribution < 1.29 is 17.9 Å². The Bertz CT molecular complexity index is 598. The van der Waals surface area contributed by atoms with E-state index >= 15 is 0 Å². The second-order valence-electron chi connectivity index (χ2n) is 4.39. The number of hydrogen-bond donors (Lipinski definition) is 2. The summed E-state index contributed by atoms with van der Waals surface area (Å²) in [6.07, 6.45) is 0. The number of sulfone groups is 1. The summed E-state index contributed by atoms with van der Waals surface area (Å²) in [6, 6.07) is 4.21. The zero-order valence-corrected chi connectivity index (χ0v) is 11.4. The van der Waals surface area contributed by atoms with Crippen LogP contribution in [0, 0.1) is 0 Å². The van der Waals surface area contributed by atoms with Gasteiger partial charge >= 0.3 is 0 Å². The van der Waals surface area contributed by atoms with Crippen molar-refractivity contribution in [2.75, 3.05) is 19.5 Å². The molecule has 0 bridgehead atoms. The van der Waals surface area contributed by atoms with Crippen LogP contribution in [0.5, 0.6) is 0 Å². The standard InChI is InChI=1S/C12H16N2O4S/c1-18-4-5-19(16,17)9-2-3-10-8(6-9)7-14-11(10)12(13)15/h2-3,6,11,14H,4-5,7H2,1H3,(H2,13,15). The van der Waals surface area contributed by atoms with Crippen LogP contribution >= 0.6 is 0 Å². The van der Waals surface area contributed by atoms with Gasteiger partial charge in [0.2, 0.25) is 5.91 Å². The molecule has 1 unspecified atom stereocenters. The monoisotopic (exact) mass is 284 g/mol. The van der Waals surface area contributed by atoms with Crippen molar-refractivity contribution >= 4 is 15.7 Å². The molecule has 6 nitrogen and oxygen atoms in total. The van der Waals surface area contributed by atoms with Crippen LogP contribution in [0.25, 0.3) is 0 Å². The third-order valence-electron chi connectivity index (χ3n) is 3.12. The van der Waals surface area contributed by atoms with Gasteiger partial charge in [0.05, 0.1) is 17.3 Å². The van der Waals surface area contributed by atoms with Gasteiger partial charge in [-0.3, -0.25) is 10.1 Å². The van der Waals surface area contributed by atoms with E-state index in [1.54, 1.807) is 12.1 Å². The highest BCUT2D eigenvalue weighted by Crippen LogP contribution is 2.27. The van der Waals surface area contributed by atoms with E-state index in [2.05, 4.69) is 5.32 Å². The average molecular weight is 284 g/mol. The minimum absolute atomic E-state index is 0.0606. The molecule has 7 heteroatoms. The topological polar surface area (TPSA) is 98.5 Å². The molecular formula is C12H16N2O4S. The fraction of sp³-hybridized carbons (Fsp3) is 0.417. The maximum absolute atomic E-state index is 12.0. The van der Waals surface area contributed by atoms with Gasteiger partial charge in [0.1, 0.15) is 6.04 Å². The second kappa shape index (κ2) is 5.28. The van der Waals surface area contributed by atoms with Crippen molar-refractivity contribution in [2.45, 2.75) is 17.5 Å². The number of carbonyl (C=O) groups excluding carboxylic acids is 1. The summed E-state index contributed by atoms with van der Waals surface area (Å²) in [4.78, 5) is 11.5.